The second kappa shape index (κ2) is 14.8. The SMILES string of the molecule is CCCCc1c(C)cc(CC)c(C(O)(c2c(CC)cc(C)c(CCCC)c2CC)C(CO)(CO)CO)c1CC. The van der Waals surface area contributed by atoms with Gasteiger partial charge in [-0.2, -0.15) is 0 Å². The number of hydrogen-bond acceptors (Lipinski definition) is 4. The molecule has 0 spiro atoms. The summed E-state index contributed by atoms with van der Waals surface area (Å²) in [5.74, 6) is 0. The lowest BCUT2D eigenvalue weighted by atomic mass is 9.60. The van der Waals surface area contributed by atoms with Gasteiger partial charge in [0.05, 0.1) is 25.2 Å². The van der Waals surface area contributed by atoms with E-state index in [2.05, 4.69) is 67.5 Å². The smallest absolute Gasteiger partial charge is 0.128 e. The second-order valence-electron chi connectivity index (χ2n) is 11.5. The molecule has 0 aliphatic rings. The Kier molecular flexibility index (Phi) is 12.7. The van der Waals surface area contributed by atoms with Crippen LogP contribution in [0, 0.1) is 19.3 Å². The fraction of sp³-hybridized carbons (Fsp3) is 0.657. The number of aliphatic hydroxyl groups is 4. The minimum atomic E-state index is -1.78. The Bertz CT molecular complexity index is 999. The van der Waals surface area contributed by atoms with E-state index < -0.39 is 30.8 Å². The maximum atomic E-state index is 13.5. The van der Waals surface area contributed by atoms with Crippen LogP contribution in [0.3, 0.4) is 0 Å². The van der Waals surface area contributed by atoms with Gasteiger partial charge in [-0.3, -0.25) is 0 Å². The summed E-state index contributed by atoms with van der Waals surface area (Å²) < 4.78 is 0. The Hall–Kier alpha value is -1.72. The molecule has 0 saturated heterocycles. The lowest BCUT2D eigenvalue weighted by molar-refractivity contribution is -0.137. The van der Waals surface area contributed by atoms with Crippen molar-refractivity contribution < 1.29 is 20.4 Å². The quantitative estimate of drug-likeness (QED) is 0.198. The molecule has 0 unspecified atom stereocenters. The van der Waals surface area contributed by atoms with Crippen molar-refractivity contribution in [1.82, 2.24) is 0 Å². The summed E-state index contributed by atoms with van der Waals surface area (Å²) in [4.78, 5) is 0. The van der Waals surface area contributed by atoms with Crippen molar-refractivity contribution in [3.63, 3.8) is 0 Å². The van der Waals surface area contributed by atoms with Crippen molar-refractivity contribution in [2.45, 2.75) is 125 Å². The molecule has 220 valence electrons. The topological polar surface area (TPSA) is 80.9 Å². The molecule has 0 fully saturated rings. The van der Waals surface area contributed by atoms with Crippen LogP contribution < -0.4 is 0 Å². The van der Waals surface area contributed by atoms with E-state index >= 15 is 0 Å². The Morgan fingerprint density at radius 2 is 0.923 bits per heavy atom. The van der Waals surface area contributed by atoms with E-state index in [4.69, 9.17) is 0 Å². The molecule has 0 radical (unpaired) electrons. The Morgan fingerprint density at radius 3 is 1.18 bits per heavy atom. The summed E-state index contributed by atoms with van der Waals surface area (Å²) in [5.41, 5.74) is 7.43. The zero-order valence-electron chi connectivity index (χ0n) is 26.1. The molecule has 4 N–H and O–H groups in total. The first-order valence-corrected chi connectivity index (χ1v) is 15.5. The summed E-state index contributed by atoms with van der Waals surface area (Å²) in [6.07, 6.45) is 8.93. The highest BCUT2D eigenvalue weighted by atomic mass is 16.3. The lowest BCUT2D eigenvalue weighted by Gasteiger charge is -2.49. The average Bonchev–Trinajstić information content (AvgIpc) is 2.95. The zero-order chi connectivity index (χ0) is 29.4. The number of benzene rings is 2. The summed E-state index contributed by atoms with van der Waals surface area (Å²) in [7, 11) is 0. The maximum absolute atomic E-state index is 13.5. The predicted octanol–water partition coefficient (Wildman–Crippen LogP) is 6.44. The fourth-order valence-electron chi connectivity index (χ4n) is 6.80. The molecular formula is C35H56O4. The first kappa shape index (κ1) is 33.5. The van der Waals surface area contributed by atoms with Crippen LogP contribution in [0.2, 0.25) is 0 Å². The van der Waals surface area contributed by atoms with E-state index in [0.717, 1.165) is 84.7 Å². The summed E-state index contributed by atoms with van der Waals surface area (Å²) in [5, 5.41) is 46.3. The van der Waals surface area contributed by atoms with E-state index in [1.165, 1.54) is 22.3 Å². The minimum absolute atomic E-state index is 0.536. The molecule has 0 aromatic heterocycles. The molecule has 0 aliphatic carbocycles. The van der Waals surface area contributed by atoms with Gasteiger partial charge >= 0.3 is 0 Å². The third kappa shape index (κ3) is 6.00. The zero-order valence-corrected chi connectivity index (χ0v) is 26.1. The van der Waals surface area contributed by atoms with Gasteiger partial charge in [-0.15, -0.1) is 0 Å². The predicted molar refractivity (Wildman–Crippen MR) is 164 cm³/mol. The summed E-state index contributed by atoms with van der Waals surface area (Å²) in [6.45, 7) is 15.6. The van der Waals surface area contributed by atoms with Gasteiger partial charge in [0.25, 0.3) is 0 Å². The minimum Gasteiger partial charge on any atom is -0.395 e. The molecule has 2 rings (SSSR count). The van der Waals surface area contributed by atoms with Gasteiger partial charge in [0.15, 0.2) is 0 Å². The monoisotopic (exact) mass is 540 g/mol. The van der Waals surface area contributed by atoms with Crippen LogP contribution in [0.25, 0.3) is 0 Å². The fourth-order valence-corrected chi connectivity index (χ4v) is 6.80. The molecule has 0 saturated carbocycles. The third-order valence-corrected chi connectivity index (χ3v) is 9.14. The van der Waals surface area contributed by atoms with Crippen molar-refractivity contribution in [2.24, 2.45) is 5.41 Å². The Morgan fingerprint density at radius 1 is 0.564 bits per heavy atom. The molecule has 0 amide bonds. The highest BCUT2D eigenvalue weighted by molar-refractivity contribution is 5.59. The van der Waals surface area contributed by atoms with Crippen molar-refractivity contribution >= 4 is 0 Å². The lowest BCUT2D eigenvalue weighted by Crippen LogP contribution is -2.56. The van der Waals surface area contributed by atoms with Gasteiger partial charge in [0.1, 0.15) is 5.60 Å². The van der Waals surface area contributed by atoms with E-state index in [1.807, 2.05) is 0 Å². The van der Waals surface area contributed by atoms with Crippen molar-refractivity contribution in [3.05, 3.63) is 67.8 Å². The summed E-state index contributed by atoms with van der Waals surface area (Å²) in [6, 6.07) is 4.40. The van der Waals surface area contributed by atoms with Gasteiger partial charge in [-0.05, 0) is 121 Å². The van der Waals surface area contributed by atoms with Gasteiger partial charge in [-0.25, -0.2) is 0 Å². The Labute approximate surface area is 238 Å². The molecule has 0 heterocycles. The van der Waals surface area contributed by atoms with Crippen molar-refractivity contribution in [2.75, 3.05) is 19.8 Å². The van der Waals surface area contributed by atoms with Crippen LogP contribution in [-0.2, 0) is 44.1 Å². The normalized spacial score (nSPS) is 12.4. The van der Waals surface area contributed by atoms with Crippen LogP contribution in [0.15, 0.2) is 12.1 Å². The number of rotatable bonds is 16. The summed E-state index contributed by atoms with van der Waals surface area (Å²) >= 11 is 0. The highest BCUT2D eigenvalue weighted by Gasteiger charge is 2.55. The van der Waals surface area contributed by atoms with Crippen molar-refractivity contribution in [1.29, 1.82) is 0 Å². The molecule has 0 aliphatic heterocycles. The van der Waals surface area contributed by atoms with Crippen LogP contribution in [0.5, 0.6) is 0 Å². The molecule has 39 heavy (non-hydrogen) atoms. The first-order chi connectivity index (χ1) is 18.7. The van der Waals surface area contributed by atoms with Gasteiger partial charge < -0.3 is 20.4 Å². The maximum Gasteiger partial charge on any atom is 0.128 e. The number of hydrogen-bond donors (Lipinski definition) is 4. The molecule has 4 heteroatoms. The molecule has 2 aromatic rings. The number of aliphatic hydroxyl groups excluding tert-OH is 3. The molecule has 0 bridgehead atoms. The van der Waals surface area contributed by atoms with Gasteiger partial charge in [0, 0.05) is 0 Å². The molecule has 2 aromatic carbocycles. The number of unbranched alkanes of at least 4 members (excludes halogenated alkanes) is 2. The van der Waals surface area contributed by atoms with E-state index in [1.54, 1.807) is 0 Å². The van der Waals surface area contributed by atoms with Crippen LogP contribution in [0.1, 0.15) is 123 Å². The van der Waals surface area contributed by atoms with E-state index in [9.17, 15) is 20.4 Å². The van der Waals surface area contributed by atoms with Crippen molar-refractivity contribution in [3.8, 4) is 0 Å². The highest BCUT2D eigenvalue weighted by Crippen LogP contribution is 2.52. The van der Waals surface area contributed by atoms with Crippen LogP contribution in [0.4, 0.5) is 0 Å². The largest absolute Gasteiger partial charge is 0.395 e. The molecule has 4 nitrogen and oxygen atoms in total. The average molecular weight is 541 g/mol. The van der Waals surface area contributed by atoms with Gasteiger partial charge in [-0.1, -0.05) is 66.5 Å². The Balaban J connectivity index is 3.30. The van der Waals surface area contributed by atoms with E-state index in [-0.39, 0.29) is 0 Å². The second-order valence-corrected chi connectivity index (χ2v) is 11.5. The molecular weight excluding hydrogens is 484 g/mol. The molecule has 0 atom stereocenters. The first-order valence-electron chi connectivity index (χ1n) is 15.5. The standard InChI is InChI=1S/C35H56O4/c1-9-15-17-30-24(7)19-26(11-3)32(28(30)13-5)35(39,34(21-36,22-37)23-38)33-27(12-4)20-25(8)31(18-16-10-2)29(33)14-6/h19-20,36-39H,9-18,21-23H2,1-8H3. The number of aryl methyl sites for hydroxylation is 4. The van der Waals surface area contributed by atoms with E-state index in [0.29, 0.717) is 12.8 Å². The van der Waals surface area contributed by atoms with Crippen LogP contribution >= 0.6 is 0 Å². The third-order valence-electron chi connectivity index (χ3n) is 9.14. The van der Waals surface area contributed by atoms with Gasteiger partial charge in [0.2, 0.25) is 0 Å². The van der Waals surface area contributed by atoms with Crippen LogP contribution in [-0.4, -0.2) is 40.2 Å².